The van der Waals surface area contributed by atoms with Crippen molar-refractivity contribution in [1.82, 2.24) is 15.1 Å². The van der Waals surface area contributed by atoms with Crippen LogP contribution in [0.3, 0.4) is 0 Å². The normalized spacial score (nSPS) is 18.8. The number of likely N-dealkylation sites (N-methyl/N-ethyl adjacent to an activating group) is 1. The first kappa shape index (κ1) is 20.1. The summed E-state index contributed by atoms with van der Waals surface area (Å²) in [5, 5.41) is 2.90. The molecule has 0 unspecified atom stereocenters. The van der Waals surface area contributed by atoms with Gasteiger partial charge in [-0.2, -0.15) is 0 Å². The molecule has 0 radical (unpaired) electrons. The van der Waals surface area contributed by atoms with Crippen LogP contribution in [0.15, 0.2) is 52.6 Å². The average Bonchev–Trinajstić information content (AvgIpc) is 2.66. The Bertz CT molecular complexity index is 950. The van der Waals surface area contributed by atoms with Gasteiger partial charge in [-0.3, -0.25) is 4.79 Å². The molecule has 0 fully saturated rings. The molecule has 0 bridgehead atoms. The number of allylic oxidation sites excluding steroid dienone is 2. The van der Waals surface area contributed by atoms with Crippen LogP contribution in [-0.2, 0) is 14.8 Å². The van der Waals surface area contributed by atoms with Gasteiger partial charge in [0.15, 0.2) is 5.84 Å². The standard InChI is InChI=1S/C19H24N4O4S/c1-22(2)17(14-6-4-7-15(12-14)27-3)13-20-19(24)16-8-5-9-23-10-11-28(25,26)21-18(16)23/h4-9,12,17H,10-11,13H2,1-3H3,(H,20,24)/t17-/m1/s1. The van der Waals surface area contributed by atoms with Crippen molar-refractivity contribution in [3.63, 3.8) is 0 Å². The van der Waals surface area contributed by atoms with Gasteiger partial charge in [0, 0.05) is 19.3 Å². The maximum Gasteiger partial charge on any atom is 0.256 e. The molecular weight excluding hydrogens is 380 g/mol. The third-order valence-corrected chi connectivity index (χ3v) is 5.81. The van der Waals surface area contributed by atoms with Crippen LogP contribution in [0.4, 0.5) is 0 Å². The number of nitrogens with zero attached hydrogens (tertiary/aromatic N) is 3. The van der Waals surface area contributed by atoms with E-state index in [1.807, 2.05) is 43.3 Å². The number of carbonyl (C=O) groups is 1. The Morgan fingerprint density at radius 1 is 1.39 bits per heavy atom. The summed E-state index contributed by atoms with van der Waals surface area (Å²) in [5.74, 6) is 0.496. The van der Waals surface area contributed by atoms with Crippen LogP contribution in [0.2, 0.25) is 0 Å². The first-order valence-corrected chi connectivity index (χ1v) is 10.5. The monoisotopic (exact) mass is 404 g/mol. The topological polar surface area (TPSA) is 91.3 Å². The number of rotatable bonds is 6. The van der Waals surface area contributed by atoms with E-state index in [1.54, 1.807) is 30.4 Å². The van der Waals surface area contributed by atoms with Gasteiger partial charge in [0.05, 0.1) is 24.5 Å². The minimum atomic E-state index is -3.55. The number of amides is 1. The van der Waals surface area contributed by atoms with Gasteiger partial charge in [-0.25, -0.2) is 8.42 Å². The molecule has 0 aliphatic carbocycles. The number of carbonyl (C=O) groups excluding carboxylic acids is 1. The van der Waals surface area contributed by atoms with Gasteiger partial charge in [-0.05, 0) is 43.9 Å². The molecule has 150 valence electrons. The summed E-state index contributed by atoms with van der Waals surface area (Å²) in [6, 6.07) is 7.59. The molecule has 0 saturated carbocycles. The van der Waals surface area contributed by atoms with E-state index in [-0.39, 0.29) is 35.7 Å². The molecule has 28 heavy (non-hydrogen) atoms. The quantitative estimate of drug-likeness (QED) is 0.758. The lowest BCUT2D eigenvalue weighted by molar-refractivity contribution is -0.117. The zero-order chi connectivity index (χ0) is 20.3. The first-order chi connectivity index (χ1) is 13.3. The van der Waals surface area contributed by atoms with Crippen molar-refractivity contribution >= 4 is 21.8 Å². The van der Waals surface area contributed by atoms with Crippen molar-refractivity contribution < 1.29 is 17.9 Å². The van der Waals surface area contributed by atoms with Crippen molar-refractivity contribution in [3.8, 4) is 5.75 Å². The SMILES string of the molecule is COc1cccc([C@@H](CNC(=O)C2=CC=CN3CCS(=O)(=O)N=C23)N(C)C)c1. The molecule has 9 heteroatoms. The van der Waals surface area contributed by atoms with Gasteiger partial charge >= 0.3 is 0 Å². The molecule has 2 heterocycles. The Balaban J connectivity index is 1.77. The fraction of sp³-hybridized carbons (Fsp3) is 0.368. The summed E-state index contributed by atoms with van der Waals surface area (Å²) in [6.45, 7) is 0.631. The van der Waals surface area contributed by atoms with Crippen LogP contribution >= 0.6 is 0 Å². The van der Waals surface area contributed by atoms with Gasteiger partial charge in [-0.15, -0.1) is 4.40 Å². The maximum absolute atomic E-state index is 12.8. The van der Waals surface area contributed by atoms with Crippen LogP contribution in [0, 0.1) is 0 Å². The van der Waals surface area contributed by atoms with E-state index in [0.717, 1.165) is 11.3 Å². The lowest BCUT2D eigenvalue weighted by atomic mass is 10.0. The number of amidine groups is 1. The lowest BCUT2D eigenvalue weighted by Crippen LogP contribution is -2.43. The molecule has 1 N–H and O–H groups in total. The predicted octanol–water partition coefficient (Wildman–Crippen LogP) is 0.912. The highest BCUT2D eigenvalue weighted by Gasteiger charge is 2.30. The van der Waals surface area contributed by atoms with Crippen LogP contribution in [0.25, 0.3) is 0 Å². The Kier molecular flexibility index (Phi) is 5.85. The zero-order valence-electron chi connectivity index (χ0n) is 16.1. The maximum atomic E-state index is 12.8. The number of nitrogens with one attached hydrogen (secondary N) is 1. The summed E-state index contributed by atoms with van der Waals surface area (Å²) < 4.78 is 32.8. The van der Waals surface area contributed by atoms with Crippen molar-refractivity contribution in [2.75, 3.05) is 40.0 Å². The largest absolute Gasteiger partial charge is 0.497 e. The molecule has 8 nitrogen and oxygen atoms in total. The van der Waals surface area contributed by atoms with Crippen molar-refractivity contribution in [1.29, 1.82) is 0 Å². The Morgan fingerprint density at radius 2 is 2.18 bits per heavy atom. The highest BCUT2D eigenvalue weighted by atomic mass is 32.2. The highest BCUT2D eigenvalue weighted by Crippen LogP contribution is 2.23. The molecule has 1 amide bonds. The third kappa shape index (κ3) is 4.42. The van der Waals surface area contributed by atoms with Gasteiger partial charge < -0.3 is 19.9 Å². The smallest absolute Gasteiger partial charge is 0.256 e. The number of fused-ring (bicyclic) bond motifs is 1. The van der Waals surface area contributed by atoms with E-state index in [2.05, 4.69) is 9.71 Å². The number of methoxy groups -OCH3 is 1. The first-order valence-electron chi connectivity index (χ1n) is 8.87. The van der Waals surface area contributed by atoms with E-state index in [0.29, 0.717) is 6.54 Å². The molecule has 1 atom stereocenters. The molecule has 0 saturated heterocycles. The number of ether oxygens (including phenoxy) is 1. The summed E-state index contributed by atoms with van der Waals surface area (Å²) in [7, 11) is 1.92. The average molecular weight is 404 g/mol. The van der Waals surface area contributed by atoms with Crippen molar-refractivity contribution in [2.24, 2.45) is 4.40 Å². The second-order valence-corrected chi connectivity index (χ2v) is 8.54. The van der Waals surface area contributed by atoms with Crippen LogP contribution < -0.4 is 10.1 Å². The van der Waals surface area contributed by atoms with Crippen molar-refractivity contribution in [2.45, 2.75) is 6.04 Å². The van der Waals surface area contributed by atoms with Gasteiger partial charge in [0.2, 0.25) is 0 Å². The minimum absolute atomic E-state index is 0.0612. The fourth-order valence-corrected chi connectivity index (χ4v) is 4.11. The number of hydrogen-bond donors (Lipinski definition) is 1. The molecule has 2 aliphatic rings. The second kappa shape index (κ2) is 8.15. The highest BCUT2D eigenvalue weighted by molar-refractivity contribution is 7.90. The van der Waals surface area contributed by atoms with E-state index in [1.165, 1.54) is 0 Å². The minimum Gasteiger partial charge on any atom is -0.497 e. The summed E-state index contributed by atoms with van der Waals surface area (Å²) in [5.41, 5.74) is 1.25. The van der Waals surface area contributed by atoms with E-state index in [4.69, 9.17) is 4.74 Å². The van der Waals surface area contributed by atoms with Crippen LogP contribution in [0.5, 0.6) is 5.75 Å². The Hall–Kier alpha value is -2.65. The Morgan fingerprint density at radius 3 is 2.89 bits per heavy atom. The molecule has 3 rings (SSSR count). The Labute approximate surface area is 165 Å². The van der Waals surface area contributed by atoms with Gasteiger partial charge in [-0.1, -0.05) is 12.1 Å². The summed E-state index contributed by atoms with van der Waals surface area (Å²) in [6.07, 6.45) is 5.03. The van der Waals surface area contributed by atoms with Gasteiger partial charge in [0.1, 0.15) is 5.75 Å². The van der Waals surface area contributed by atoms with E-state index >= 15 is 0 Å². The molecule has 2 aliphatic heterocycles. The number of benzene rings is 1. The molecule has 0 aromatic heterocycles. The molecule has 0 spiro atoms. The predicted molar refractivity (Wildman–Crippen MR) is 108 cm³/mol. The van der Waals surface area contributed by atoms with Crippen LogP contribution in [0.1, 0.15) is 11.6 Å². The van der Waals surface area contributed by atoms with Crippen LogP contribution in [-0.4, -0.2) is 70.0 Å². The second-order valence-electron chi connectivity index (χ2n) is 6.78. The third-order valence-electron chi connectivity index (χ3n) is 4.66. The van der Waals surface area contributed by atoms with Gasteiger partial charge in [0.25, 0.3) is 15.9 Å². The summed E-state index contributed by atoms with van der Waals surface area (Å²) in [4.78, 5) is 16.5. The number of sulfonamides is 1. The lowest BCUT2D eigenvalue weighted by Gasteiger charge is -2.29. The molecule has 1 aromatic carbocycles. The van der Waals surface area contributed by atoms with E-state index in [9.17, 15) is 13.2 Å². The zero-order valence-corrected chi connectivity index (χ0v) is 16.9. The molecular formula is C19H24N4O4S. The molecule has 1 aromatic rings. The fourth-order valence-electron chi connectivity index (χ4n) is 3.13. The van der Waals surface area contributed by atoms with Crippen molar-refractivity contribution in [3.05, 3.63) is 53.8 Å². The number of hydrogen-bond acceptors (Lipinski definition) is 6. The van der Waals surface area contributed by atoms with E-state index < -0.39 is 10.0 Å². The summed E-state index contributed by atoms with van der Waals surface area (Å²) >= 11 is 0.